The van der Waals surface area contributed by atoms with Gasteiger partial charge in [0.2, 0.25) is 0 Å². The molecule has 0 N–H and O–H groups in total. The van der Waals surface area contributed by atoms with E-state index >= 15 is 0 Å². The van der Waals surface area contributed by atoms with Crippen molar-refractivity contribution in [2.75, 3.05) is 66.6 Å². The first-order valence-electron chi connectivity index (χ1n) is 13.7. The highest BCUT2D eigenvalue weighted by Gasteiger charge is 2.51. The summed E-state index contributed by atoms with van der Waals surface area (Å²) in [6, 6.07) is 15.8. The highest BCUT2D eigenvalue weighted by atomic mass is 32.2. The van der Waals surface area contributed by atoms with Gasteiger partial charge in [-0.2, -0.15) is 17.0 Å². The van der Waals surface area contributed by atoms with E-state index in [4.69, 9.17) is 4.74 Å². The van der Waals surface area contributed by atoms with Crippen LogP contribution < -0.4 is 0 Å². The molecule has 3 saturated heterocycles. The Balaban J connectivity index is 1.40. The maximum Gasteiger partial charge on any atom is 0.282 e. The maximum atomic E-state index is 13.7. The van der Waals surface area contributed by atoms with E-state index in [-0.39, 0.29) is 18.0 Å². The second-order valence-electron chi connectivity index (χ2n) is 11.0. The molecule has 3 fully saturated rings. The molecule has 8 heteroatoms. The number of ether oxygens (including phenoxy) is 1. The number of likely N-dealkylation sites (N-methyl/N-ethyl adjacent to an activating group) is 1. The highest BCUT2D eigenvalue weighted by molar-refractivity contribution is 7.86. The topological polar surface area (TPSA) is 56.3 Å². The number of aryl methyl sites for hydroxylation is 1. The lowest BCUT2D eigenvalue weighted by molar-refractivity contribution is -0.0639. The van der Waals surface area contributed by atoms with Gasteiger partial charge in [-0.15, -0.1) is 0 Å². The molecule has 0 bridgehead atoms. The van der Waals surface area contributed by atoms with Gasteiger partial charge in [0.05, 0.1) is 6.61 Å². The second kappa shape index (κ2) is 11.1. The van der Waals surface area contributed by atoms with Gasteiger partial charge in [-0.05, 0) is 68.1 Å². The van der Waals surface area contributed by atoms with Crippen molar-refractivity contribution in [2.45, 2.75) is 44.7 Å². The number of hydrogen-bond donors (Lipinski definition) is 0. The lowest BCUT2D eigenvalue weighted by Gasteiger charge is -2.57. The van der Waals surface area contributed by atoms with Crippen molar-refractivity contribution in [3.05, 3.63) is 59.2 Å². The molecular formula is C29H42N4O3S. The summed E-state index contributed by atoms with van der Waals surface area (Å²) in [4.78, 5) is 4.69. The third kappa shape index (κ3) is 5.24. The molecular weight excluding hydrogens is 484 g/mol. The predicted octanol–water partition coefficient (Wildman–Crippen LogP) is 3.34. The van der Waals surface area contributed by atoms with Gasteiger partial charge < -0.3 is 9.64 Å². The standard InChI is InChI=1S/C29H42N4O3S/c1-22-8-7-9-26(23(22)2)24-10-12-25(13-11-24)29-27-20-32(14-5-6-15-33(27)28(29)21-36-4)37(34,35)31-18-16-30(3)17-19-31/h7-13,27-29H,5-6,14-21H2,1-4H3/t27-,28+,29-/m0/s1. The first-order valence-corrected chi connectivity index (χ1v) is 15.1. The summed E-state index contributed by atoms with van der Waals surface area (Å²) in [5.74, 6) is 0.246. The van der Waals surface area contributed by atoms with Crippen LogP contribution in [-0.4, -0.2) is 105 Å². The molecule has 0 spiro atoms. The van der Waals surface area contributed by atoms with Crippen LogP contribution in [0.5, 0.6) is 0 Å². The van der Waals surface area contributed by atoms with Crippen molar-refractivity contribution in [1.29, 1.82) is 0 Å². The summed E-state index contributed by atoms with van der Waals surface area (Å²) in [5, 5.41) is 0. The minimum atomic E-state index is -3.48. The highest BCUT2D eigenvalue weighted by Crippen LogP contribution is 2.43. The molecule has 2 aromatic rings. The lowest BCUT2D eigenvalue weighted by Crippen LogP contribution is -2.68. The van der Waals surface area contributed by atoms with Gasteiger partial charge in [-0.1, -0.05) is 42.5 Å². The average Bonchev–Trinajstić information content (AvgIpc) is 2.87. The number of benzene rings is 2. The van der Waals surface area contributed by atoms with E-state index in [1.54, 1.807) is 15.7 Å². The quantitative estimate of drug-likeness (QED) is 0.578. The third-order valence-electron chi connectivity index (χ3n) is 8.81. The molecule has 0 saturated carbocycles. The average molecular weight is 527 g/mol. The number of rotatable bonds is 6. The van der Waals surface area contributed by atoms with Crippen LogP contribution in [0.15, 0.2) is 42.5 Å². The molecule has 3 aliphatic rings. The van der Waals surface area contributed by atoms with Crippen LogP contribution in [0.1, 0.15) is 35.4 Å². The van der Waals surface area contributed by atoms with Crippen LogP contribution in [0.4, 0.5) is 0 Å². The van der Waals surface area contributed by atoms with E-state index in [9.17, 15) is 8.42 Å². The minimum absolute atomic E-state index is 0.161. The van der Waals surface area contributed by atoms with Gasteiger partial charge in [0, 0.05) is 64.4 Å². The Morgan fingerprint density at radius 2 is 1.59 bits per heavy atom. The van der Waals surface area contributed by atoms with Gasteiger partial charge in [0.15, 0.2) is 0 Å². The Hall–Kier alpha value is -1.81. The summed E-state index contributed by atoms with van der Waals surface area (Å²) in [5.41, 5.74) is 6.38. The SMILES string of the molecule is COC[C@@H]1[C@@H](c2ccc(-c3cccc(C)c3C)cc2)[C@@H]2CN(S(=O)(=O)N3CCN(C)CC3)CCCCN12. The first-order chi connectivity index (χ1) is 17.8. The summed E-state index contributed by atoms with van der Waals surface area (Å²) in [7, 11) is 0.345. The van der Waals surface area contributed by atoms with Gasteiger partial charge in [0.25, 0.3) is 10.2 Å². The van der Waals surface area contributed by atoms with Crippen LogP contribution in [0.3, 0.4) is 0 Å². The number of methoxy groups -OCH3 is 1. The molecule has 0 unspecified atom stereocenters. The van der Waals surface area contributed by atoms with Crippen molar-refractivity contribution in [1.82, 2.24) is 18.4 Å². The molecule has 0 aromatic heterocycles. The Labute approximate surface area is 223 Å². The van der Waals surface area contributed by atoms with Gasteiger partial charge >= 0.3 is 0 Å². The van der Waals surface area contributed by atoms with E-state index in [0.717, 1.165) is 32.5 Å². The van der Waals surface area contributed by atoms with E-state index in [1.165, 1.54) is 27.8 Å². The molecule has 0 aliphatic carbocycles. The predicted molar refractivity (Wildman–Crippen MR) is 149 cm³/mol. The molecule has 3 heterocycles. The number of fused-ring (bicyclic) bond motifs is 1. The van der Waals surface area contributed by atoms with Crippen molar-refractivity contribution in [2.24, 2.45) is 0 Å². The fourth-order valence-electron chi connectivity index (χ4n) is 6.40. The maximum absolute atomic E-state index is 13.7. The van der Waals surface area contributed by atoms with E-state index in [1.807, 2.05) is 0 Å². The van der Waals surface area contributed by atoms with Gasteiger partial charge in [-0.25, -0.2) is 0 Å². The lowest BCUT2D eigenvalue weighted by atomic mass is 9.74. The molecule has 3 aliphatic heterocycles. The van der Waals surface area contributed by atoms with Crippen LogP contribution >= 0.6 is 0 Å². The summed E-state index contributed by atoms with van der Waals surface area (Å²) in [6.45, 7) is 9.84. The Bertz CT molecular complexity index is 1180. The van der Waals surface area contributed by atoms with E-state index < -0.39 is 10.2 Å². The molecule has 5 rings (SSSR count). The molecule has 202 valence electrons. The Morgan fingerprint density at radius 1 is 0.892 bits per heavy atom. The monoisotopic (exact) mass is 526 g/mol. The summed E-state index contributed by atoms with van der Waals surface area (Å²) < 4.78 is 36.5. The molecule has 37 heavy (non-hydrogen) atoms. The molecule has 0 radical (unpaired) electrons. The van der Waals surface area contributed by atoms with Crippen LogP contribution in [-0.2, 0) is 14.9 Å². The normalized spacial score (nSPS) is 26.8. The fourth-order valence-corrected chi connectivity index (χ4v) is 8.05. The summed E-state index contributed by atoms with van der Waals surface area (Å²) >= 11 is 0. The Kier molecular flexibility index (Phi) is 8.05. The zero-order chi connectivity index (χ0) is 26.2. The van der Waals surface area contributed by atoms with Crippen molar-refractivity contribution >= 4 is 10.2 Å². The van der Waals surface area contributed by atoms with Crippen molar-refractivity contribution in [3.8, 4) is 11.1 Å². The van der Waals surface area contributed by atoms with E-state index in [0.29, 0.717) is 32.8 Å². The third-order valence-corrected chi connectivity index (χ3v) is 10.8. The zero-order valence-corrected chi connectivity index (χ0v) is 23.6. The molecule has 3 atom stereocenters. The minimum Gasteiger partial charge on any atom is -0.383 e. The van der Waals surface area contributed by atoms with Gasteiger partial charge in [-0.3, -0.25) is 4.90 Å². The van der Waals surface area contributed by atoms with Crippen LogP contribution in [0.25, 0.3) is 11.1 Å². The number of hydrogen-bond acceptors (Lipinski definition) is 5. The van der Waals surface area contributed by atoms with Crippen molar-refractivity contribution < 1.29 is 13.2 Å². The van der Waals surface area contributed by atoms with E-state index in [2.05, 4.69) is 73.2 Å². The van der Waals surface area contributed by atoms with Crippen molar-refractivity contribution in [3.63, 3.8) is 0 Å². The zero-order valence-electron chi connectivity index (χ0n) is 22.8. The largest absolute Gasteiger partial charge is 0.383 e. The first kappa shape index (κ1) is 26.8. The smallest absolute Gasteiger partial charge is 0.282 e. The van der Waals surface area contributed by atoms with Gasteiger partial charge in [0.1, 0.15) is 0 Å². The van der Waals surface area contributed by atoms with Crippen LogP contribution in [0, 0.1) is 13.8 Å². The summed E-state index contributed by atoms with van der Waals surface area (Å²) in [6.07, 6.45) is 1.90. The molecule has 2 aromatic carbocycles. The molecule has 0 amide bonds. The Morgan fingerprint density at radius 3 is 2.30 bits per heavy atom. The van der Waals surface area contributed by atoms with Crippen LogP contribution in [0.2, 0.25) is 0 Å². The number of piperazine rings is 1. The molecule has 7 nitrogen and oxygen atoms in total. The number of nitrogens with zero attached hydrogens (tertiary/aromatic N) is 4. The fraction of sp³-hybridized carbons (Fsp3) is 0.586. The second-order valence-corrected chi connectivity index (χ2v) is 12.9.